The van der Waals surface area contributed by atoms with E-state index in [-0.39, 0.29) is 11.5 Å². The number of halogens is 1. The molecule has 0 radical (unpaired) electrons. The van der Waals surface area contributed by atoms with Gasteiger partial charge in [-0.15, -0.1) is 11.3 Å². The lowest BCUT2D eigenvalue weighted by atomic mass is 9.72. The third-order valence-corrected chi connectivity index (χ3v) is 6.64. The van der Waals surface area contributed by atoms with E-state index in [2.05, 4.69) is 31.8 Å². The fourth-order valence-corrected chi connectivity index (χ4v) is 5.03. The number of ether oxygens (including phenoxy) is 1. The summed E-state index contributed by atoms with van der Waals surface area (Å²) in [4.78, 5) is 6.00. The van der Waals surface area contributed by atoms with Crippen LogP contribution in [0.3, 0.4) is 0 Å². The van der Waals surface area contributed by atoms with E-state index < -0.39 is 0 Å². The number of hydrogen-bond acceptors (Lipinski definition) is 4. The van der Waals surface area contributed by atoms with Gasteiger partial charge in [-0.2, -0.15) is 5.26 Å². The number of thiophene rings is 1. The van der Waals surface area contributed by atoms with Crippen molar-refractivity contribution in [3.05, 3.63) is 44.8 Å². The first-order valence-corrected chi connectivity index (χ1v) is 10.9. The normalized spacial score (nSPS) is 17.0. The van der Waals surface area contributed by atoms with Gasteiger partial charge < -0.3 is 4.74 Å². The minimum Gasteiger partial charge on any atom is -0.490 e. The molecular weight excluding hydrogens is 388 g/mol. The smallest absolute Gasteiger partial charge is 0.134 e. The van der Waals surface area contributed by atoms with E-state index in [4.69, 9.17) is 16.3 Å². The first-order chi connectivity index (χ1) is 13.2. The van der Waals surface area contributed by atoms with Crippen molar-refractivity contribution in [2.45, 2.75) is 60.0 Å². The molecule has 1 aromatic heterocycles. The summed E-state index contributed by atoms with van der Waals surface area (Å²) < 4.78 is 5.87. The molecule has 0 bridgehead atoms. The Morgan fingerprint density at radius 2 is 2.11 bits per heavy atom. The fraction of sp³-hybridized carbons (Fsp3) is 0.478. The van der Waals surface area contributed by atoms with Crippen molar-refractivity contribution in [1.29, 1.82) is 5.26 Å². The molecule has 0 unspecified atom stereocenters. The van der Waals surface area contributed by atoms with Crippen molar-refractivity contribution in [2.24, 2.45) is 16.3 Å². The topological polar surface area (TPSA) is 45.4 Å². The van der Waals surface area contributed by atoms with Crippen molar-refractivity contribution in [1.82, 2.24) is 0 Å². The Morgan fingerprint density at radius 3 is 2.75 bits per heavy atom. The number of rotatable bonds is 4. The molecule has 3 nitrogen and oxygen atoms in total. The van der Waals surface area contributed by atoms with E-state index in [1.807, 2.05) is 32.0 Å². The molecule has 0 saturated carbocycles. The van der Waals surface area contributed by atoms with Crippen molar-refractivity contribution in [3.8, 4) is 11.8 Å². The van der Waals surface area contributed by atoms with Crippen molar-refractivity contribution in [3.63, 3.8) is 0 Å². The van der Waals surface area contributed by atoms with Crippen molar-refractivity contribution in [2.75, 3.05) is 0 Å². The molecular formula is C23H27ClN2OS. The molecule has 0 fully saturated rings. The number of hydrogen-bond donors (Lipinski definition) is 0. The highest BCUT2D eigenvalue weighted by atomic mass is 35.5. The van der Waals surface area contributed by atoms with Crippen LogP contribution in [0.25, 0.3) is 0 Å². The molecule has 0 aliphatic heterocycles. The molecule has 2 aromatic rings. The Balaban J connectivity index is 1.93. The Morgan fingerprint density at radius 1 is 1.36 bits per heavy atom. The van der Waals surface area contributed by atoms with Gasteiger partial charge in [0.05, 0.1) is 11.7 Å². The molecule has 148 valence electrons. The van der Waals surface area contributed by atoms with Crippen molar-refractivity contribution >= 4 is 34.2 Å². The molecule has 0 amide bonds. The minimum absolute atomic E-state index is 0.0615. The second-order valence-electron chi connectivity index (χ2n) is 8.71. The van der Waals surface area contributed by atoms with Crippen LogP contribution in [0.15, 0.2) is 23.2 Å². The summed E-state index contributed by atoms with van der Waals surface area (Å²) in [6, 6.07) is 7.91. The SMILES string of the molecule is CC(C)Oc1ccc(Cl)cc1C=Nc1sc2c(c1C#N)CC[C@H](C(C)(C)C)C2. The molecule has 0 spiro atoms. The highest BCUT2D eigenvalue weighted by Gasteiger charge is 2.32. The standard InChI is InChI=1S/C23H27ClN2OS/c1-14(2)27-20-9-7-17(24)10-15(20)13-26-22-19(12-25)18-8-6-16(23(3,4)5)11-21(18)28-22/h7,9-10,13-14,16H,6,8,11H2,1-5H3/t16-/m0/s1. The number of nitriles is 1. The Kier molecular flexibility index (Phi) is 6.17. The van der Waals surface area contributed by atoms with Crippen LogP contribution in [-0.2, 0) is 12.8 Å². The number of aliphatic imine (C=N–C) groups is 1. The Bertz CT molecular complexity index is 931. The zero-order valence-corrected chi connectivity index (χ0v) is 18.7. The zero-order valence-electron chi connectivity index (χ0n) is 17.2. The second-order valence-corrected chi connectivity index (χ2v) is 10.2. The molecule has 3 rings (SSSR count). The molecule has 28 heavy (non-hydrogen) atoms. The fourth-order valence-electron chi connectivity index (χ4n) is 3.63. The van der Waals surface area contributed by atoms with Gasteiger partial charge in [-0.25, -0.2) is 4.99 Å². The van der Waals surface area contributed by atoms with Gasteiger partial charge >= 0.3 is 0 Å². The summed E-state index contributed by atoms with van der Waals surface area (Å²) >= 11 is 7.82. The van der Waals surface area contributed by atoms with Gasteiger partial charge in [-0.3, -0.25) is 0 Å². The Hall–Kier alpha value is -1.83. The minimum atomic E-state index is 0.0615. The van der Waals surface area contributed by atoms with E-state index >= 15 is 0 Å². The molecule has 1 atom stereocenters. The van der Waals surface area contributed by atoms with Gasteiger partial charge in [-0.1, -0.05) is 32.4 Å². The van der Waals surface area contributed by atoms with Gasteiger partial charge in [-0.05, 0) is 68.2 Å². The van der Waals surface area contributed by atoms with Crippen LogP contribution < -0.4 is 4.74 Å². The van der Waals surface area contributed by atoms with Crippen LogP contribution in [0, 0.1) is 22.7 Å². The molecule has 5 heteroatoms. The molecule has 0 N–H and O–H groups in total. The summed E-state index contributed by atoms with van der Waals surface area (Å²) in [5.74, 6) is 1.39. The number of benzene rings is 1. The average Bonchev–Trinajstić information content (AvgIpc) is 2.97. The van der Waals surface area contributed by atoms with E-state index in [1.165, 1.54) is 10.4 Å². The molecule has 1 aliphatic carbocycles. The highest BCUT2D eigenvalue weighted by Crippen LogP contribution is 2.45. The summed E-state index contributed by atoms with van der Waals surface area (Å²) in [6.45, 7) is 10.9. The molecule has 1 heterocycles. The predicted octanol–water partition coefficient (Wildman–Crippen LogP) is 6.96. The number of fused-ring (bicyclic) bond motifs is 1. The highest BCUT2D eigenvalue weighted by molar-refractivity contribution is 7.16. The predicted molar refractivity (Wildman–Crippen MR) is 118 cm³/mol. The molecule has 1 aromatic carbocycles. The lowest BCUT2D eigenvalue weighted by Gasteiger charge is -2.33. The van der Waals surface area contributed by atoms with Crippen molar-refractivity contribution < 1.29 is 4.74 Å². The van der Waals surface area contributed by atoms with Crippen LogP contribution in [0.4, 0.5) is 5.00 Å². The quantitative estimate of drug-likeness (QED) is 0.507. The van der Waals surface area contributed by atoms with Gasteiger partial charge in [0.15, 0.2) is 0 Å². The summed E-state index contributed by atoms with van der Waals surface area (Å²) in [5, 5.41) is 11.2. The first-order valence-electron chi connectivity index (χ1n) is 9.74. The maximum Gasteiger partial charge on any atom is 0.134 e. The van der Waals surface area contributed by atoms with E-state index in [1.54, 1.807) is 17.6 Å². The van der Waals surface area contributed by atoms with Gasteiger partial charge in [0.1, 0.15) is 16.8 Å². The van der Waals surface area contributed by atoms with E-state index in [9.17, 15) is 5.26 Å². The van der Waals surface area contributed by atoms with Crippen LogP contribution in [-0.4, -0.2) is 12.3 Å². The number of nitrogens with zero attached hydrogens (tertiary/aromatic N) is 2. The van der Waals surface area contributed by atoms with Crippen LogP contribution in [0.5, 0.6) is 5.75 Å². The Labute approximate surface area is 177 Å². The zero-order chi connectivity index (χ0) is 20.5. The monoisotopic (exact) mass is 414 g/mol. The van der Waals surface area contributed by atoms with Gasteiger partial charge in [0.2, 0.25) is 0 Å². The average molecular weight is 415 g/mol. The lowest BCUT2D eigenvalue weighted by Crippen LogP contribution is -2.26. The summed E-state index contributed by atoms with van der Waals surface area (Å²) in [7, 11) is 0. The summed E-state index contributed by atoms with van der Waals surface area (Å²) in [5.41, 5.74) is 3.04. The lowest BCUT2D eigenvalue weighted by molar-refractivity contribution is 0.218. The summed E-state index contributed by atoms with van der Waals surface area (Å²) in [6.07, 6.45) is 4.96. The van der Waals surface area contributed by atoms with E-state index in [0.29, 0.717) is 10.9 Å². The first kappa shape index (κ1) is 20.9. The van der Waals surface area contributed by atoms with Crippen LogP contribution in [0.2, 0.25) is 5.02 Å². The molecule has 0 saturated heterocycles. The van der Waals surface area contributed by atoms with Crippen LogP contribution >= 0.6 is 22.9 Å². The third-order valence-electron chi connectivity index (χ3n) is 5.24. The largest absolute Gasteiger partial charge is 0.490 e. The molecule has 1 aliphatic rings. The van der Waals surface area contributed by atoms with Gasteiger partial charge in [0, 0.05) is 21.7 Å². The van der Waals surface area contributed by atoms with Crippen LogP contribution in [0.1, 0.15) is 62.6 Å². The van der Waals surface area contributed by atoms with Gasteiger partial charge in [0.25, 0.3) is 0 Å². The second kappa shape index (κ2) is 8.27. The maximum absolute atomic E-state index is 9.74. The third kappa shape index (κ3) is 4.59. The van der Waals surface area contributed by atoms with E-state index in [0.717, 1.165) is 41.1 Å². The maximum atomic E-state index is 9.74.